The second kappa shape index (κ2) is 12.3. The molecule has 2 aromatic carbocycles. The molecule has 1 N–H and O–H groups in total. The topological polar surface area (TPSA) is 49.4 Å². The van der Waals surface area contributed by atoms with Gasteiger partial charge in [-0.2, -0.15) is 0 Å². The highest BCUT2D eigenvalue weighted by molar-refractivity contribution is 7.99. The Morgan fingerprint density at radius 2 is 1.68 bits per heavy atom. The average molecular weight is 485 g/mol. The van der Waals surface area contributed by atoms with E-state index in [0.29, 0.717) is 28.3 Å². The molecule has 0 aliphatic carbocycles. The van der Waals surface area contributed by atoms with E-state index >= 15 is 0 Å². The predicted molar refractivity (Wildman–Crippen MR) is 127 cm³/mol. The summed E-state index contributed by atoms with van der Waals surface area (Å²) in [5.41, 5.74) is 1.72. The van der Waals surface area contributed by atoms with Crippen molar-refractivity contribution < 1.29 is 14.0 Å². The second-order valence-electron chi connectivity index (χ2n) is 7.70. The lowest BCUT2D eigenvalue weighted by Gasteiger charge is -2.29. The lowest BCUT2D eigenvalue weighted by molar-refractivity contribution is -0.138. The van der Waals surface area contributed by atoms with E-state index in [9.17, 15) is 14.0 Å². The van der Waals surface area contributed by atoms with Gasteiger partial charge < -0.3 is 10.2 Å². The monoisotopic (exact) mass is 484 g/mol. The van der Waals surface area contributed by atoms with Crippen LogP contribution >= 0.6 is 35.0 Å². The highest BCUT2D eigenvalue weighted by Gasteiger charge is 2.26. The second-order valence-corrected chi connectivity index (χ2v) is 9.50. The van der Waals surface area contributed by atoms with E-state index in [1.54, 1.807) is 42.2 Å². The molecule has 0 aromatic heterocycles. The standard InChI is InChI=1S/C23H27Cl2FN2O2S/c1-15(2)11-27-23(30)16(3)28(12-18-6-9-20(24)21(25)10-18)22(29)14-31-13-17-4-7-19(26)8-5-17/h4-10,15-16H,11-14H2,1-3H3,(H,27,30)/t16-/m1/s1. The zero-order valence-electron chi connectivity index (χ0n) is 17.8. The predicted octanol–water partition coefficient (Wildman–Crippen LogP) is 5.56. The van der Waals surface area contributed by atoms with E-state index in [0.717, 1.165) is 11.1 Å². The van der Waals surface area contributed by atoms with Crippen LogP contribution in [0.2, 0.25) is 10.0 Å². The average Bonchev–Trinajstić information content (AvgIpc) is 2.73. The number of amides is 2. The maximum absolute atomic E-state index is 13.1. The first-order chi connectivity index (χ1) is 14.7. The molecule has 2 rings (SSSR count). The summed E-state index contributed by atoms with van der Waals surface area (Å²) in [6.45, 7) is 6.52. The van der Waals surface area contributed by atoms with Gasteiger partial charge in [0.2, 0.25) is 11.8 Å². The van der Waals surface area contributed by atoms with Crippen molar-refractivity contribution in [2.45, 2.75) is 39.1 Å². The number of carbonyl (C=O) groups excluding carboxylic acids is 2. The number of hydrogen-bond donors (Lipinski definition) is 1. The summed E-state index contributed by atoms with van der Waals surface area (Å²) in [6.07, 6.45) is 0. The Morgan fingerprint density at radius 1 is 1.03 bits per heavy atom. The molecule has 0 aliphatic rings. The summed E-state index contributed by atoms with van der Waals surface area (Å²) in [4.78, 5) is 27.2. The molecule has 2 amide bonds. The molecule has 0 saturated heterocycles. The summed E-state index contributed by atoms with van der Waals surface area (Å²) in [6, 6.07) is 10.7. The summed E-state index contributed by atoms with van der Waals surface area (Å²) < 4.78 is 13.1. The minimum absolute atomic E-state index is 0.162. The van der Waals surface area contributed by atoms with E-state index in [2.05, 4.69) is 5.32 Å². The van der Waals surface area contributed by atoms with E-state index in [4.69, 9.17) is 23.2 Å². The van der Waals surface area contributed by atoms with Gasteiger partial charge in [-0.05, 0) is 48.2 Å². The van der Waals surface area contributed by atoms with Crippen LogP contribution in [0, 0.1) is 11.7 Å². The number of halogens is 3. The SMILES string of the molecule is CC(C)CNC(=O)[C@@H](C)N(Cc1ccc(Cl)c(Cl)c1)C(=O)CSCc1ccc(F)cc1. The third-order valence-corrected chi connectivity index (χ3v) is 6.32. The van der Waals surface area contributed by atoms with Crippen molar-refractivity contribution in [3.8, 4) is 0 Å². The van der Waals surface area contributed by atoms with Crippen LogP contribution in [0.3, 0.4) is 0 Å². The molecule has 2 aromatic rings. The van der Waals surface area contributed by atoms with Gasteiger partial charge in [-0.1, -0.05) is 55.2 Å². The van der Waals surface area contributed by atoms with Crippen LogP contribution in [0.1, 0.15) is 31.9 Å². The number of nitrogens with one attached hydrogen (secondary N) is 1. The molecular weight excluding hydrogens is 458 g/mol. The van der Waals surface area contributed by atoms with Crippen molar-refractivity contribution in [1.29, 1.82) is 0 Å². The molecule has 0 radical (unpaired) electrons. The highest BCUT2D eigenvalue weighted by atomic mass is 35.5. The van der Waals surface area contributed by atoms with Gasteiger partial charge in [-0.3, -0.25) is 9.59 Å². The van der Waals surface area contributed by atoms with Crippen LogP contribution in [-0.4, -0.2) is 35.1 Å². The molecule has 1 atom stereocenters. The highest BCUT2D eigenvalue weighted by Crippen LogP contribution is 2.24. The van der Waals surface area contributed by atoms with Gasteiger partial charge in [0.05, 0.1) is 15.8 Å². The Labute approximate surface area is 197 Å². The Morgan fingerprint density at radius 3 is 2.29 bits per heavy atom. The number of nitrogens with zero attached hydrogens (tertiary/aromatic N) is 1. The van der Waals surface area contributed by atoms with E-state index in [1.165, 1.54) is 23.9 Å². The summed E-state index contributed by atoms with van der Waals surface area (Å²) in [5, 5.41) is 3.72. The number of thioether (sulfide) groups is 1. The number of carbonyl (C=O) groups is 2. The van der Waals surface area contributed by atoms with Gasteiger partial charge in [-0.25, -0.2) is 4.39 Å². The first kappa shape index (κ1) is 25.5. The largest absolute Gasteiger partial charge is 0.354 e. The summed E-state index contributed by atoms with van der Waals surface area (Å²) >= 11 is 13.5. The van der Waals surface area contributed by atoms with Gasteiger partial charge in [-0.15, -0.1) is 11.8 Å². The van der Waals surface area contributed by atoms with E-state index in [1.807, 2.05) is 13.8 Å². The van der Waals surface area contributed by atoms with Crippen molar-refractivity contribution in [2.24, 2.45) is 5.92 Å². The smallest absolute Gasteiger partial charge is 0.242 e. The molecule has 0 fully saturated rings. The van der Waals surface area contributed by atoms with Crippen molar-refractivity contribution in [3.63, 3.8) is 0 Å². The molecule has 0 aliphatic heterocycles. The molecule has 31 heavy (non-hydrogen) atoms. The van der Waals surface area contributed by atoms with Gasteiger partial charge in [0.1, 0.15) is 11.9 Å². The Hall–Kier alpha value is -1.76. The van der Waals surface area contributed by atoms with Crippen LogP contribution in [0.4, 0.5) is 4.39 Å². The molecule has 0 saturated carbocycles. The quantitative estimate of drug-likeness (QED) is 0.480. The fourth-order valence-electron chi connectivity index (χ4n) is 2.79. The molecule has 0 bridgehead atoms. The third-order valence-electron chi connectivity index (χ3n) is 4.60. The zero-order valence-corrected chi connectivity index (χ0v) is 20.2. The molecule has 168 valence electrons. The summed E-state index contributed by atoms with van der Waals surface area (Å²) in [7, 11) is 0. The molecular formula is C23H27Cl2FN2O2S. The number of rotatable bonds is 10. The van der Waals surface area contributed by atoms with Crippen molar-refractivity contribution >= 4 is 46.8 Å². The molecule has 8 heteroatoms. The lowest BCUT2D eigenvalue weighted by Crippen LogP contribution is -2.48. The fraction of sp³-hybridized carbons (Fsp3) is 0.391. The van der Waals surface area contributed by atoms with Crippen molar-refractivity contribution in [3.05, 3.63) is 69.5 Å². The molecule has 0 unspecified atom stereocenters. The lowest BCUT2D eigenvalue weighted by atomic mass is 10.1. The van der Waals surface area contributed by atoms with Crippen molar-refractivity contribution in [2.75, 3.05) is 12.3 Å². The van der Waals surface area contributed by atoms with E-state index in [-0.39, 0.29) is 29.9 Å². The van der Waals surface area contributed by atoms with Crippen LogP contribution in [0.25, 0.3) is 0 Å². The van der Waals surface area contributed by atoms with Gasteiger partial charge in [0.25, 0.3) is 0 Å². The third kappa shape index (κ3) is 8.36. The zero-order chi connectivity index (χ0) is 23.0. The van der Waals surface area contributed by atoms with Crippen LogP contribution in [0.15, 0.2) is 42.5 Å². The van der Waals surface area contributed by atoms with E-state index < -0.39 is 6.04 Å². The first-order valence-electron chi connectivity index (χ1n) is 10.0. The van der Waals surface area contributed by atoms with Gasteiger partial charge in [0, 0.05) is 18.8 Å². The number of benzene rings is 2. The van der Waals surface area contributed by atoms with Gasteiger partial charge >= 0.3 is 0 Å². The Kier molecular flexibility index (Phi) is 10.1. The number of hydrogen-bond acceptors (Lipinski definition) is 3. The Bertz CT molecular complexity index is 894. The van der Waals surface area contributed by atoms with Crippen molar-refractivity contribution in [1.82, 2.24) is 10.2 Å². The normalized spacial score (nSPS) is 12.0. The minimum Gasteiger partial charge on any atom is -0.354 e. The fourth-order valence-corrected chi connectivity index (χ4v) is 3.98. The van der Waals surface area contributed by atoms with Crippen LogP contribution < -0.4 is 5.32 Å². The van der Waals surface area contributed by atoms with Crippen LogP contribution in [-0.2, 0) is 21.9 Å². The van der Waals surface area contributed by atoms with Crippen LogP contribution in [0.5, 0.6) is 0 Å². The Balaban J connectivity index is 2.08. The maximum Gasteiger partial charge on any atom is 0.242 e. The maximum atomic E-state index is 13.1. The minimum atomic E-state index is -0.646. The first-order valence-corrected chi connectivity index (χ1v) is 11.9. The molecule has 4 nitrogen and oxygen atoms in total. The molecule has 0 heterocycles. The summed E-state index contributed by atoms with van der Waals surface area (Å²) in [5.74, 6) is 0.415. The van der Waals surface area contributed by atoms with Gasteiger partial charge in [0.15, 0.2) is 0 Å². The molecule has 0 spiro atoms.